The number of hydrogen-bond acceptors (Lipinski definition) is 3. The number of piperidine rings is 1. The van der Waals surface area contributed by atoms with Crippen LogP contribution in [-0.4, -0.2) is 59.0 Å². The van der Waals surface area contributed by atoms with Crippen molar-refractivity contribution >= 4 is 11.8 Å². The number of likely N-dealkylation sites (tertiary alicyclic amines) is 1. The standard InChI is InChI=1S/C19H25F3N2O3/c1-12(2)16(25)18(27)24-10-8-15(9-11-24)23(3)17(26)13-4-6-14(7-5-13)19(20,21)22/h4-7,12,15-16,25H,8-11H2,1-3H3/t16-/m0/s1. The van der Waals surface area contributed by atoms with Crippen LogP contribution in [0.3, 0.4) is 0 Å². The minimum Gasteiger partial charge on any atom is -0.383 e. The quantitative estimate of drug-likeness (QED) is 0.866. The lowest BCUT2D eigenvalue weighted by Gasteiger charge is -2.37. The molecular formula is C19H25F3N2O3. The number of alkyl halides is 3. The van der Waals surface area contributed by atoms with Crippen LogP contribution in [0.4, 0.5) is 13.2 Å². The van der Waals surface area contributed by atoms with Crippen molar-refractivity contribution in [3.05, 3.63) is 35.4 Å². The van der Waals surface area contributed by atoms with Gasteiger partial charge in [0.05, 0.1) is 5.56 Å². The summed E-state index contributed by atoms with van der Waals surface area (Å²) in [7, 11) is 1.62. The van der Waals surface area contributed by atoms with E-state index in [1.54, 1.807) is 25.8 Å². The Morgan fingerprint density at radius 3 is 2.11 bits per heavy atom. The summed E-state index contributed by atoms with van der Waals surface area (Å²) in [6.45, 7) is 4.40. The van der Waals surface area contributed by atoms with Gasteiger partial charge in [0.1, 0.15) is 6.10 Å². The zero-order valence-electron chi connectivity index (χ0n) is 15.7. The average molecular weight is 386 g/mol. The van der Waals surface area contributed by atoms with Crippen molar-refractivity contribution in [2.45, 2.75) is 45.0 Å². The molecule has 0 aromatic heterocycles. The molecule has 27 heavy (non-hydrogen) atoms. The molecule has 2 rings (SSSR count). The number of carbonyl (C=O) groups is 2. The number of hydrogen-bond donors (Lipinski definition) is 1. The molecule has 1 aliphatic heterocycles. The Morgan fingerprint density at radius 2 is 1.67 bits per heavy atom. The predicted octanol–water partition coefficient (Wildman–Crippen LogP) is 2.79. The molecule has 1 saturated heterocycles. The molecule has 1 aliphatic rings. The van der Waals surface area contributed by atoms with E-state index in [1.165, 1.54) is 17.0 Å². The van der Waals surface area contributed by atoms with Gasteiger partial charge in [-0.1, -0.05) is 13.8 Å². The van der Waals surface area contributed by atoms with Gasteiger partial charge in [0.2, 0.25) is 0 Å². The number of nitrogens with zero attached hydrogens (tertiary/aromatic N) is 2. The fourth-order valence-corrected chi connectivity index (χ4v) is 3.12. The lowest BCUT2D eigenvalue weighted by atomic mass is 10.00. The van der Waals surface area contributed by atoms with Crippen LogP contribution in [0.25, 0.3) is 0 Å². The van der Waals surface area contributed by atoms with Crippen molar-refractivity contribution in [2.24, 2.45) is 5.92 Å². The number of aliphatic hydroxyl groups excluding tert-OH is 1. The van der Waals surface area contributed by atoms with Gasteiger partial charge in [-0.3, -0.25) is 9.59 Å². The number of amides is 2. The van der Waals surface area contributed by atoms with Crippen molar-refractivity contribution in [3.63, 3.8) is 0 Å². The molecule has 1 fully saturated rings. The number of aliphatic hydroxyl groups is 1. The van der Waals surface area contributed by atoms with Crippen molar-refractivity contribution in [3.8, 4) is 0 Å². The highest BCUT2D eigenvalue weighted by Crippen LogP contribution is 2.29. The highest BCUT2D eigenvalue weighted by molar-refractivity contribution is 5.94. The van der Waals surface area contributed by atoms with E-state index in [0.717, 1.165) is 12.1 Å². The lowest BCUT2D eigenvalue weighted by molar-refractivity contribution is -0.143. The van der Waals surface area contributed by atoms with Gasteiger partial charge in [0.15, 0.2) is 0 Å². The molecule has 2 amide bonds. The maximum absolute atomic E-state index is 12.6. The highest BCUT2D eigenvalue weighted by Gasteiger charge is 2.32. The Balaban J connectivity index is 1.96. The summed E-state index contributed by atoms with van der Waals surface area (Å²) in [6.07, 6.45) is -4.36. The van der Waals surface area contributed by atoms with Gasteiger partial charge in [0, 0.05) is 31.7 Å². The topological polar surface area (TPSA) is 60.9 Å². The summed E-state index contributed by atoms with van der Waals surface area (Å²) in [5, 5.41) is 9.90. The Hall–Kier alpha value is -2.09. The Labute approximate surface area is 156 Å². The summed E-state index contributed by atoms with van der Waals surface area (Å²) in [5.74, 6) is -0.824. The van der Waals surface area contributed by atoms with Crippen LogP contribution in [0.5, 0.6) is 0 Å². The van der Waals surface area contributed by atoms with Crippen LogP contribution < -0.4 is 0 Å². The zero-order chi connectivity index (χ0) is 20.4. The monoisotopic (exact) mass is 386 g/mol. The molecule has 1 atom stereocenters. The van der Waals surface area contributed by atoms with E-state index in [9.17, 15) is 27.9 Å². The van der Waals surface area contributed by atoms with E-state index >= 15 is 0 Å². The minimum atomic E-state index is -4.44. The molecule has 1 N–H and O–H groups in total. The molecule has 5 nitrogen and oxygen atoms in total. The second-order valence-corrected chi connectivity index (χ2v) is 7.24. The van der Waals surface area contributed by atoms with E-state index in [1.807, 2.05) is 0 Å². The third kappa shape index (κ3) is 5.00. The van der Waals surface area contributed by atoms with Crippen LogP contribution in [0.15, 0.2) is 24.3 Å². The van der Waals surface area contributed by atoms with E-state index in [-0.39, 0.29) is 29.3 Å². The van der Waals surface area contributed by atoms with Gasteiger partial charge >= 0.3 is 6.18 Å². The first-order valence-electron chi connectivity index (χ1n) is 8.93. The van der Waals surface area contributed by atoms with E-state index in [4.69, 9.17) is 0 Å². The van der Waals surface area contributed by atoms with Gasteiger partial charge in [0.25, 0.3) is 11.8 Å². The molecule has 0 bridgehead atoms. The van der Waals surface area contributed by atoms with Gasteiger partial charge in [-0.05, 0) is 43.0 Å². The minimum absolute atomic E-state index is 0.111. The summed E-state index contributed by atoms with van der Waals surface area (Å²) < 4.78 is 37.9. The SMILES string of the molecule is CC(C)[C@H](O)C(=O)N1CCC(N(C)C(=O)c2ccc(C(F)(F)F)cc2)CC1. The first-order chi connectivity index (χ1) is 12.5. The zero-order valence-corrected chi connectivity index (χ0v) is 15.7. The van der Waals surface area contributed by atoms with Crippen LogP contribution >= 0.6 is 0 Å². The molecule has 1 aromatic carbocycles. The van der Waals surface area contributed by atoms with Gasteiger partial charge in [-0.2, -0.15) is 13.2 Å². The Morgan fingerprint density at radius 1 is 1.15 bits per heavy atom. The van der Waals surface area contributed by atoms with Gasteiger partial charge in [-0.25, -0.2) is 0 Å². The normalized spacial score (nSPS) is 17.1. The van der Waals surface area contributed by atoms with Crippen molar-refractivity contribution < 1.29 is 27.9 Å². The third-order valence-electron chi connectivity index (χ3n) is 4.99. The van der Waals surface area contributed by atoms with Crippen molar-refractivity contribution in [1.29, 1.82) is 0 Å². The lowest BCUT2D eigenvalue weighted by Crippen LogP contribution is -2.50. The first-order valence-corrected chi connectivity index (χ1v) is 8.93. The molecule has 1 heterocycles. The molecular weight excluding hydrogens is 361 g/mol. The largest absolute Gasteiger partial charge is 0.416 e. The first kappa shape index (κ1) is 21.2. The molecule has 0 spiro atoms. The number of carbonyl (C=O) groups excluding carboxylic acids is 2. The van der Waals surface area contributed by atoms with Gasteiger partial charge < -0.3 is 14.9 Å². The summed E-state index contributed by atoms with van der Waals surface area (Å²) >= 11 is 0. The third-order valence-corrected chi connectivity index (χ3v) is 4.99. The van der Waals surface area contributed by atoms with E-state index < -0.39 is 17.8 Å². The van der Waals surface area contributed by atoms with Crippen LogP contribution in [-0.2, 0) is 11.0 Å². The fourth-order valence-electron chi connectivity index (χ4n) is 3.12. The van der Waals surface area contributed by atoms with Gasteiger partial charge in [-0.15, -0.1) is 0 Å². The van der Waals surface area contributed by atoms with Crippen LogP contribution in [0.1, 0.15) is 42.6 Å². The molecule has 0 saturated carbocycles. The maximum atomic E-state index is 12.6. The predicted molar refractivity (Wildman–Crippen MR) is 94.0 cm³/mol. The second-order valence-electron chi connectivity index (χ2n) is 7.24. The molecule has 0 aliphatic carbocycles. The molecule has 1 aromatic rings. The molecule has 0 unspecified atom stereocenters. The summed E-state index contributed by atoms with van der Waals surface area (Å²) in [4.78, 5) is 27.8. The van der Waals surface area contributed by atoms with Crippen LogP contribution in [0, 0.1) is 5.92 Å². The Bertz CT molecular complexity index is 666. The average Bonchev–Trinajstić information content (AvgIpc) is 2.65. The summed E-state index contributed by atoms with van der Waals surface area (Å²) in [6, 6.07) is 4.05. The smallest absolute Gasteiger partial charge is 0.383 e. The van der Waals surface area contributed by atoms with Crippen molar-refractivity contribution in [1.82, 2.24) is 9.80 Å². The van der Waals surface area contributed by atoms with E-state index in [2.05, 4.69) is 0 Å². The Kier molecular flexibility index (Phi) is 6.51. The highest BCUT2D eigenvalue weighted by atomic mass is 19.4. The second kappa shape index (κ2) is 8.29. The van der Waals surface area contributed by atoms with Crippen molar-refractivity contribution in [2.75, 3.05) is 20.1 Å². The molecule has 150 valence electrons. The number of benzene rings is 1. The number of rotatable bonds is 4. The molecule has 8 heteroatoms. The van der Waals surface area contributed by atoms with E-state index in [0.29, 0.717) is 25.9 Å². The fraction of sp³-hybridized carbons (Fsp3) is 0.579. The summed E-state index contributed by atoms with van der Waals surface area (Å²) in [5.41, 5.74) is -0.600. The number of halogens is 3. The maximum Gasteiger partial charge on any atom is 0.416 e. The molecule has 0 radical (unpaired) electrons. The van der Waals surface area contributed by atoms with Crippen LogP contribution in [0.2, 0.25) is 0 Å².